The number of hydrogen-bond acceptors (Lipinski definition) is 9. The molecule has 228 valence electrons. The largest absolute Gasteiger partial charge is 0.482 e. The first-order valence-corrected chi connectivity index (χ1v) is 18.3. The Morgan fingerprint density at radius 1 is 0.952 bits per heavy atom. The molecular weight excluding hydrogens is 816 g/mol. The summed E-state index contributed by atoms with van der Waals surface area (Å²) in [5, 5.41) is 0. The number of benzene rings is 2. The van der Waals surface area contributed by atoms with E-state index in [-0.39, 0.29) is 47.7 Å². The topological polar surface area (TPSA) is 162 Å². The summed E-state index contributed by atoms with van der Waals surface area (Å²) < 4.78 is 78.0. The van der Waals surface area contributed by atoms with Gasteiger partial charge in [0.15, 0.2) is 6.61 Å². The van der Waals surface area contributed by atoms with Crippen LogP contribution in [0.25, 0.3) is 0 Å². The third-order valence-electron chi connectivity index (χ3n) is 8.11. The van der Waals surface area contributed by atoms with Gasteiger partial charge in [-0.25, -0.2) is 17.9 Å². The fourth-order valence-corrected chi connectivity index (χ4v) is 12.1. The molecule has 2 aromatic carbocycles. The molecule has 4 aliphatic rings. The van der Waals surface area contributed by atoms with Crippen LogP contribution >= 0.6 is 45.2 Å². The van der Waals surface area contributed by atoms with Crippen molar-refractivity contribution >= 4 is 77.2 Å². The highest BCUT2D eigenvalue weighted by atomic mass is 127. The molecule has 2 unspecified atom stereocenters. The smallest absolute Gasteiger partial charge is 0.344 e. The van der Waals surface area contributed by atoms with Crippen LogP contribution < -0.4 is 9.46 Å². The van der Waals surface area contributed by atoms with Gasteiger partial charge in [-0.2, -0.15) is 8.42 Å². The molecule has 1 amide bonds. The second-order valence-electron chi connectivity index (χ2n) is 11.2. The summed E-state index contributed by atoms with van der Waals surface area (Å²) in [5.74, 6) is -0.368. The second kappa shape index (κ2) is 12.1. The van der Waals surface area contributed by atoms with Crippen molar-refractivity contribution in [3.63, 3.8) is 0 Å². The lowest BCUT2D eigenvalue weighted by Crippen LogP contribution is -2.61. The Hall–Kier alpha value is -1.54. The number of nitrogens with one attached hydrogen (secondary N) is 1. The minimum absolute atomic E-state index is 0.0301. The lowest BCUT2D eigenvalue weighted by molar-refractivity contribution is -0.200. The molecule has 0 saturated heterocycles. The number of sulfonamides is 1. The molecule has 6 rings (SSSR count). The van der Waals surface area contributed by atoms with Gasteiger partial charge in [0, 0.05) is 7.14 Å². The minimum atomic E-state index is -4.40. The Balaban J connectivity index is 1.14. The summed E-state index contributed by atoms with van der Waals surface area (Å²) in [6.45, 7) is -0.326. The van der Waals surface area contributed by atoms with E-state index in [4.69, 9.17) is 14.2 Å². The first kappa shape index (κ1) is 31.9. The van der Waals surface area contributed by atoms with Gasteiger partial charge in [-0.3, -0.25) is 9.35 Å². The van der Waals surface area contributed by atoms with Crippen LogP contribution in [0.15, 0.2) is 52.3 Å². The third-order valence-corrected chi connectivity index (χ3v) is 12.8. The van der Waals surface area contributed by atoms with Crippen molar-refractivity contribution in [3.8, 4) is 5.75 Å². The molecule has 4 aliphatic carbocycles. The number of carbonyl (C=O) groups is 2. The zero-order valence-electron chi connectivity index (χ0n) is 22.3. The number of amides is 1. The maximum absolute atomic E-state index is 13.5. The summed E-state index contributed by atoms with van der Waals surface area (Å²) in [6.07, 6.45) is 4.20. The van der Waals surface area contributed by atoms with Crippen molar-refractivity contribution in [2.45, 2.75) is 53.9 Å². The van der Waals surface area contributed by atoms with E-state index < -0.39 is 49.6 Å². The maximum atomic E-state index is 13.5. The van der Waals surface area contributed by atoms with E-state index in [1.165, 1.54) is 24.3 Å². The van der Waals surface area contributed by atoms with Crippen LogP contribution in [0.3, 0.4) is 0 Å². The van der Waals surface area contributed by atoms with Gasteiger partial charge in [0.25, 0.3) is 20.1 Å². The highest BCUT2D eigenvalue weighted by Gasteiger charge is 2.61. The standard InChI is InChI=1S/C27H29I2NO10S2/c28-21-9-19(10-22(29)24(21)42(35,36)37)39-15-23(31)38-6-7-40-27-13-17-8-18(14-27)12-26(11-17,16-27)25(32)30-41(33,34)20-4-2-1-3-5-20/h1-5,9-10,17-18H,6-8,11-16H2,(H,30,32)(H,35,36,37). The highest BCUT2D eigenvalue weighted by molar-refractivity contribution is 14.1. The van der Waals surface area contributed by atoms with Crippen molar-refractivity contribution in [1.82, 2.24) is 4.72 Å². The van der Waals surface area contributed by atoms with Crippen LogP contribution in [-0.2, 0) is 39.2 Å². The average molecular weight is 845 g/mol. The van der Waals surface area contributed by atoms with Gasteiger partial charge in [-0.15, -0.1) is 0 Å². The average Bonchev–Trinajstić information content (AvgIpc) is 2.88. The summed E-state index contributed by atoms with van der Waals surface area (Å²) in [4.78, 5) is 25.6. The van der Waals surface area contributed by atoms with E-state index in [2.05, 4.69) is 4.72 Å². The van der Waals surface area contributed by atoms with Crippen LogP contribution in [0.4, 0.5) is 0 Å². The summed E-state index contributed by atoms with van der Waals surface area (Å²) in [5.41, 5.74) is -1.40. The molecule has 42 heavy (non-hydrogen) atoms. The zero-order chi connectivity index (χ0) is 30.3. The van der Waals surface area contributed by atoms with E-state index in [9.17, 15) is 31.0 Å². The summed E-state index contributed by atoms with van der Waals surface area (Å²) >= 11 is 3.52. The normalized spacial score (nSPS) is 26.5. The molecule has 0 aromatic heterocycles. The van der Waals surface area contributed by atoms with E-state index in [1.54, 1.807) is 63.4 Å². The first-order chi connectivity index (χ1) is 19.7. The SMILES string of the molecule is O=C(COc1cc(I)c(S(=O)(=O)O)c(I)c1)OCCOC12CC3CC(C1)CC(C(=O)NS(=O)(=O)c1ccccc1)(C3)C2. The number of hydrogen-bond donors (Lipinski definition) is 2. The molecule has 4 saturated carbocycles. The van der Waals surface area contributed by atoms with Gasteiger partial charge < -0.3 is 14.2 Å². The fourth-order valence-electron chi connectivity index (χ4n) is 6.97. The predicted octanol–water partition coefficient (Wildman–Crippen LogP) is 3.93. The van der Waals surface area contributed by atoms with Crippen molar-refractivity contribution in [1.29, 1.82) is 0 Å². The second-order valence-corrected chi connectivity index (χ2v) is 16.6. The van der Waals surface area contributed by atoms with Crippen molar-refractivity contribution in [2.24, 2.45) is 17.3 Å². The number of rotatable bonds is 11. The van der Waals surface area contributed by atoms with E-state index in [0.29, 0.717) is 19.3 Å². The first-order valence-electron chi connectivity index (χ1n) is 13.2. The number of ether oxygens (including phenoxy) is 3. The van der Waals surface area contributed by atoms with Crippen LogP contribution in [-0.4, -0.2) is 58.7 Å². The number of carbonyl (C=O) groups excluding carboxylic acids is 2. The minimum Gasteiger partial charge on any atom is -0.482 e. The zero-order valence-corrected chi connectivity index (χ0v) is 28.2. The van der Waals surface area contributed by atoms with Crippen LogP contribution in [0.1, 0.15) is 38.5 Å². The molecule has 0 radical (unpaired) electrons. The molecule has 11 nitrogen and oxygen atoms in total. The van der Waals surface area contributed by atoms with E-state index in [0.717, 1.165) is 19.3 Å². The van der Waals surface area contributed by atoms with Gasteiger partial charge in [-0.05, 0) is 120 Å². The Labute approximate surface area is 271 Å². The van der Waals surface area contributed by atoms with E-state index >= 15 is 0 Å². The number of halogens is 2. The van der Waals surface area contributed by atoms with Crippen LogP contribution in [0, 0.1) is 24.4 Å². The van der Waals surface area contributed by atoms with Crippen molar-refractivity contribution < 1.29 is 45.2 Å². The molecule has 0 heterocycles. The third kappa shape index (κ3) is 6.90. The monoisotopic (exact) mass is 845 g/mol. The molecular formula is C27H29I2NO10S2. The Morgan fingerprint density at radius 3 is 2.17 bits per heavy atom. The Morgan fingerprint density at radius 2 is 1.57 bits per heavy atom. The molecule has 2 aromatic rings. The maximum Gasteiger partial charge on any atom is 0.344 e. The van der Waals surface area contributed by atoms with Crippen LogP contribution in [0.2, 0.25) is 0 Å². The highest BCUT2D eigenvalue weighted by Crippen LogP contribution is 2.63. The molecule has 4 fully saturated rings. The van der Waals surface area contributed by atoms with E-state index in [1.807, 2.05) is 0 Å². The summed E-state index contributed by atoms with van der Waals surface area (Å²) in [7, 11) is -8.39. The van der Waals surface area contributed by atoms with Gasteiger partial charge in [0.1, 0.15) is 17.3 Å². The molecule has 2 atom stereocenters. The molecule has 2 N–H and O–H groups in total. The van der Waals surface area contributed by atoms with Gasteiger partial charge in [-0.1, -0.05) is 18.2 Å². The van der Waals surface area contributed by atoms with Gasteiger partial charge >= 0.3 is 5.97 Å². The fraction of sp³-hybridized carbons (Fsp3) is 0.481. The quantitative estimate of drug-likeness (QED) is 0.147. The summed E-state index contributed by atoms with van der Waals surface area (Å²) in [6, 6.07) is 10.6. The lowest BCUT2D eigenvalue weighted by atomic mass is 9.47. The molecule has 15 heteroatoms. The molecule has 0 aliphatic heterocycles. The Bertz CT molecular complexity index is 1560. The lowest BCUT2D eigenvalue weighted by Gasteiger charge is -2.60. The number of esters is 1. The van der Waals surface area contributed by atoms with Crippen molar-refractivity contribution in [2.75, 3.05) is 19.8 Å². The molecule has 4 bridgehead atoms. The Kier molecular flexibility index (Phi) is 9.18. The van der Waals surface area contributed by atoms with Gasteiger partial charge in [0.05, 0.1) is 22.5 Å². The molecule has 0 spiro atoms. The predicted molar refractivity (Wildman–Crippen MR) is 166 cm³/mol. The van der Waals surface area contributed by atoms with Crippen LogP contribution in [0.5, 0.6) is 5.75 Å². The van der Waals surface area contributed by atoms with Gasteiger partial charge in [0.2, 0.25) is 5.91 Å². The van der Waals surface area contributed by atoms with Crippen molar-refractivity contribution in [3.05, 3.63) is 49.6 Å².